The molecule has 2 aromatic carbocycles. The third-order valence-corrected chi connectivity index (χ3v) is 6.85. The molecule has 0 amide bonds. The normalized spacial score (nSPS) is 11.0. The number of hydrogen-bond donors (Lipinski definition) is 1. The number of nitrogens with two attached hydrogens (primary N) is 1. The minimum atomic E-state index is -0.355. The van der Waals surface area contributed by atoms with Crippen LogP contribution in [0.25, 0.3) is 20.7 Å². The van der Waals surface area contributed by atoms with E-state index in [1.54, 1.807) is 31.4 Å². The summed E-state index contributed by atoms with van der Waals surface area (Å²) in [6.07, 6.45) is 0. The fourth-order valence-electron chi connectivity index (χ4n) is 2.89. The highest BCUT2D eigenvalue weighted by molar-refractivity contribution is 7.99. The standard InChI is InChI=1S/C21H16ClN3O3S2/c1-28-13-6-4-5-12(9-13)18-10-16-19(30-18)20(27)25(23)21(24-16)29-11-17(26)14-7-2-3-8-15(14)22/h2-10H,11,23H2,1H3. The molecule has 152 valence electrons. The molecule has 0 aliphatic heterocycles. The molecular formula is C21H16ClN3O3S2. The minimum Gasteiger partial charge on any atom is -0.497 e. The Kier molecular flexibility index (Phi) is 5.80. The molecule has 2 N–H and O–H groups in total. The number of nitrogen functional groups attached to an aromatic ring is 1. The summed E-state index contributed by atoms with van der Waals surface area (Å²) >= 11 is 8.50. The molecular weight excluding hydrogens is 442 g/mol. The first-order valence-electron chi connectivity index (χ1n) is 8.84. The predicted molar refractivity (Wildman–Crippen MR) is 123 cm³/mol. The lowest BCUT2D eigenvalue weighted by molar-refractivity contribution is 0.102. The van der Waals surface area contributed by atoms with E-state index in [9.17, 15) is 9.59 Å². The number of benzene rings is 2. The average molecular weight is 458 g/mol. The van der Waals surface area contributed by atoms with Crippen LogP contribution < -0.4 is 16.1 Å². The minimum absolute atomic E-state index is 0.0613. The van der Waals surface area contributed by atoms with Gasteiger partial charge in [0.1, 0.15) is 10.4 Å². The molecule has 0 spiro atoms. The molecule has 9 heteroatoms. The first-order valence-corrected chi connectivity index (χ1v) is 11.0. The number of Topliss-reactive ketones (excluding diaryl/α,β-unsaturated/α-hetero) is 1. The number of carbonyl (C=O) groups is 1. The second-order valence-corrected chi connectivity index (χ2v) is 8.72. The van der Waals surface area contributed by atoms with Crippen LogP contribution in [0, 0.1) is 0 Å². The highest BCUT2D eigenvalue weighted by atomic mass is 35.5. The van der Waals surface area contributed by atoms with Gasteiger partial charge in [-0.3, -0.25) is 9.59 Å². The SMILES string of the molecule is COc1cccc(-c2cc3nc(SCC(=O)c4ccccc4Cl)n(N)c(=O)c3s2)c1. The largest absolute Gasteiger partial charge is 0.497 e. The van der Waals surface area contributed by atoms with E-state index in [0.717, 1.165) is 32.6 Å². The molecule has 0 unspecified atom stereocenters. The number of hydrogen-bond acceptors (Lipinski definition) is 7. The number of nitrogens with zero attached hydrogens (tertiary/aromatic N) is 2. The zero-order chi connectivity index (χ0) is 21.3. The third-order valence-electron chi connectivity index (χ3n) is 4.41. The maximum Gasteiger partial charge on any atom is 0.290 e. The van der Waals surface area contributed by atoms with Crippen LogP contribution in [0.2, 0.25) is 5.02 Å². The lowest BCUT2D eigenvalue weighted by Gasteiger charge is -2.07. The van der Waals surface area contributed by atoms with Gasteiger partial charge in [0.2, 0.25) is 0 Å². The Hall–Kier alpha value is -2.81. The Bertz CT molecular complexity index is 1320. The van der Waals surface area contributed by atoms with Gasteiger partial charge in [-0.15, -0.1) is 11.3 Å². The van der Waals surface area contributed by atoms with Crippen molar-refractivity contribution in [3.05, 3.63) is 75.5 Å². The molecule has 0 saturated carbocycles. The lowest BCUT2D eigenvalue weighted by Crippen LogP contribution is -2.29. The molecule has 0 atom stereocenters. The molecule has 4 rings (SSSR count). The molecule has 30 heavy (non-hydrogen) atoms. The van der Waals surface area contributed by atoms with Crippen molar-refractivity contribution in [1.29, 1.82) is 0 Å². The van der Waals surface area contributed by atoms with E-state index in [-0.39, 0.29) is 22.3 Å². The van der Waals surface area contributed by atoms with Crippen molar-refractivity contribution >= 4 is 50.7 Å². The van der Waals surface area contributed by atoms with E-state index < -0.39 is 0 Å². The predicted octanol–water partition coefficient (Wildman–Crippen LogP) is 4.48. The fraction of sp³-hybridized carbons (Fsp3) is 0.0952. The number of ether oxygens (including phenoxy) is 1. The van der Waals surface area contributed by atoms with Crippen LogP contribution >= 0.6 is 34.7 Å². The summed E-state index contributed by atoms with van der Waals surface area (Å²) in [6, 6.07) is 16.2. The monoisotopic (exact) mass is 457 g/mol. The van der Waals surface area contributed by atoms with Gasteiger partial charge < -0.3 is 10.6 Å². The molecule has 2 heterocycles. The van der Waals surface area contributed by atoms with Gasteiger partial charge in [0.05, 0.1) is 23.4 Å². The second-order valence-electron chi connectivity index (χ2n) is 6.32. The number of fused-ring (bicyclic) bond motifs is 1. The first-order chi connectivity index (χ1) is 14.5. The highest BCUT2D eigenvalue weighted by Gasteiger charge is 2.17. The summed E-state index contributed by atoms with van der Waals surface area (Å²) in [7, 11) is 1.60. The van der Waals surface area contributed by atoms with Gasteiger partial charge in [-0.05, 0) is 35.9 Å². The maximum absolute atomic E-state index is 12.7. The molecule has 4 aromatic rings. The van der Waals surface area contributed by atoms with Gasteiger partial charge in [-0.1, -0.05) is 47.6 Å². The maximum atomic E-state index is 12.7. The van der Waals surface area contributed by atoms with E-state index in [4.69, 9.17) is 22.2 Å². The van der Waals surface area contributed by atoms with E-state index in [1.807, 2.05) is 30.3 Å². The van der Waals surface area contributed by atoms with Crippen molar-refractivity contribution in [2.75, 3.05) is 18.7 Å². The summed E-state index contributed by atoms with van der Waals surface area (Å²) in [5.41, 5.74) is 1.53. The zero-order valence-electron chi connectivity index (χ0n) is 15.8. The molecule has 0 saturated heterocycles. The van der Waals surface area contributed by atoms with Crippen LogP contribution in [0.5, 0.6) is 5.75 Å². The van der Waals surface area contributed by atoms with Crippen molar-refractivity contribution in [2.45, 2.75) is 5.16 Å². The summed E-state index contributed by atoms with van der Waals surface area (Å²) in [4.78, 5) is 30.6. The van der Waals surface area contributed by atoms with Gasteiger partial charge in [0.15, 0.2) is 10.9 Å². The van der Waals surface area contributed by atoms with Crippen LogP contribution in [0.15, 0.2) is 64.5 Å². The third kappa shape index (κ3) is 3.94. The van der Waals surface area contributed by atoms with Crippen LogP contribution in [0.1, 0.15) is 10.4 Å². The average Bonchev–Trinajstić information content (AvgIpc) is 3.20. The van der Waals surface area contributed by atoms with Crippen molar-refractivity contribution < 1.29 is 9.53 Å². The number of thioether (sulfide) groups is 1. The number of rotatable bonds is 6. The lowest BCUT2D eigenvalue weighted by atomic mass is 10.1. The van der Waals surface area contributed by atoms with Crippen LogP contribution in [0.3, 0.4) is 0 Å². The van der Waals surface area contributed by atoms with E-state index in [0.29, 0.717) is 20.8 Å². The van der Waals surface area contributed by atoms with Gasteiger partial charge in [-0.2, -0.15) is 0 Å². The number of thiophene rings is 1. The second kappa shape index (κ2) is 8.51. The van der Waals surface area contributed by atoms with Crippen molar-refractivity contribution in [2.24, 2.45) is 0 Å². The molecule has 0 fully saturated rings. The highest BCUT2D eigenvalue weighted by Crippen LogP contribution is 2.33. The van der Waals surface area contributed by atoms with Crippen LogP contribution in [-0.4, -0.2) is 28.3 Å². The van der Waals surface area contributed by atoms with E-state index in [1.165, 1.54) is 11.3 Å². The van der Waals surface area contributed by atoms with E-state index >= 15 is 0 Å². The van der Waals surface area contributed by atoms with E-state index in [2.05, 4.69) is 4.98 Å². The van der Waals surface area contributed by atoms with Gasteiger partial charge >= 0.3 is 0 Å². The van der Waals surface area contributed by atoms with Gasteiger partial charge in [0, 0.05) is 10.4 Å². The molecule has 6 nitrogen and oxygen atoms in total. The van der Waals surface area contributed by atoms with Gasteiger partial charge in [0.25, 0.3) is 5.56 Å². The Morgan fingerprint density at radius 2 is 2.03 bits per heavy atom. The summed E-state index contributed by atoms with van der Waals surface area (Å²) in [5, 5.41) is 0.653. The Morgan fingerprint density at radius 1 is 1.23 bits per heavy atom. The molecule has 0 aliphatic rings. The summed E-state index contributed by atoms with van der Waals surface area (Å²) in [6.45, 7) is 0. The summed E-state index contributed by atoms with van der Waals surface area (Å²) in [5.74, 6) is 6.59. The fourth-order valence-corrected chi connectivity index (χ4v) is 4.96. The number of methoxy groups -OCH3 is 1. The first kappa shape index (κ1) is 20.5. The smallest absolute Gasteiger partial charge is 0.290 e. The number of aromatic nitrogens is 2. The molecule has 0 aliphatic carbocycles. The van der Waals surface area contributed by atoms with Crippen LogP contribution in [0.4, 0.5) is 0 Å². The molecule has 0 bridgehead atoms. The van der Waals surface area contributed by atoms with Crippen molar-refractivity contribution in [3.63, 3.8) is 0 Å². The Morgan fingerprint density at radius 3 is 2.80 bits per heavy atom. The van der Waals surface area contributed by atoms with Crippen molar-refractivity contribution in [3.8, 4) is 16.2 Å². The Balaban J connectivity index is 1.65. The summed E-state index contributed by atoms with van der Waals surface area (Å²) < 4.78 is 6.71. The molecule has 0 radical (unpaired) electrons. The molecule has 2 aromatic heterocycles. The Labute approximate surface area is 185 Å². The topological polar surface area (TPSA) is 87.2 Å². The van der Waals surface area contributed by atoms with Crippen molar-refractivity contribution in [1.82, 2.24) is 9.66 Å². The van der Waals surface area contributed by atoms with Crippen LogP contribution in [-0.2, 0) is 0 Å². The number of halogens is 1. The number of ketones is 1. The quantitative estimate of drug-likeness (QED) is 0.199. The van der Waals surface area contributed by atoms with Gasteiger partial charge in [-0.25, -0.2) is 9.66 Å². The number of carbonyl (C=O) groups excluding carboxylic acids is 1. The zero-order valence-corrected chi connectivity index (χ0v) is 18.2.